The van der Waals surface area contributed by atoms with Gasteiger partial charge in [0.2, 0.25) is 6.29 Å². The highest BCUT2D eigenvalue weighted by atomic mass is 32.2. The summed E-state index contributed by atoms with van der Waals surface area (Å²) in [7, 11) is -4.76. The second-order valence-corrected chi connectivity index (χ2v) is 10.6. The first-order valence-corrected chi connectivity index (χ1v) is 12.9. The zero-order chi connectivity index (χ0) is 24.8. The van der Waals surface area contributed by atoms with Gasteiger partial charge in [-0.3, -0.25) is 9.45 Å². The molecular weight excluding hydrogens is 470 g/mol. The van der Waals surface area contributed by atoms with E-state index in [1.54, 1.807) is 6.07 Å². The number of fused-ring (bicyclic) bond motifs is 2. The van der Waals surface area contributed by atoms with Gasteiger partial charge in [-0.2, -0.15) is 8.42 Å². The highest BCUT2D eigenvalue weighted by molar-refractivity contribution is 7.86. The molecule has 1 aromatic carbocycles. The molecule has 7 atom stereocenters. The topological polar surface area (TPSA) is 174 Å². The first-order valence-electron chi connectivity index (χ1n) is 11.5. The van der Waals surface area contributed by atoms with Gasteiger partial charge < -0.3 is 29.9 Å². The van der Waals surface area contributed by atoms with E-state index in [4.69, 9.17) is 9.47 Å². The van der Waals surface area contributed by atoms with E-state index in [9.17, 15) is 38.2 Å². The van der Waals surface area contributed by atoms with E-state index in [0.717, 1.165) is 37.9 Å². The number of aliphatic carboxylic acids is 1. The van der Waals surface area contributed by atoms with Crippen molar-refractivity contribution in [1.29, 1.82) is 0 Å². The van der Waals surface area contributed by atoms with Crippen LogP contribution in [0.1, 0.15) is 37.3 Å². The molecule has 0 aromatic heterocycles. The molecule has 2 aliphatic heterocycles. The van der Waals surface area contributed by atoms with Crippen molar-refractivity contribution in [3.63, 3.8) is 0 Å². The van der Waals surface area contributed by atoms with E-state index in [2.05, 4.69) is 11.8 Å². The molecule has 0 unspecified atom stereocenters. The summed E-state index contributed by atoms with van der Waals surface area (Å²) < 4.78 is 45.6. The van der Waals surface area contributed by atoms with Crippen LogP contribution in [0.15, 0.2) is 17.0 Å². The molecule has 11 nitrogen and oxygen atoms in total. The number of piperidine rings is 1. The molecule has 0 bridgehead atoms. The average molecular weight is 502 g/mol. The van der Waals surface area contributed by atoms with Crippen LogP contribution in [0.25, 0.3) is 0 Å². The maximum absolute atomic E-state index is 12.4. The van der Waals surface area contributed by atoms with Gasteiger partial charge in [-0.25, -0.2) is 4.79 Å². The maximum Gasteiger partial charge on any atom is 0.335 e. The molecule has 0 amide bonds. The van der Waals surface area contributed by atoms with Gasteiger partial charge in [-0.1, -0.05) is 13.0 Å². The first kappa shape index (κ1) is 25.3. The van der Waals surface area contributed by atoms with Crippen LogP contribution in [-0.2, 0) is 32.5 Å². The third-order valence-electron chi connectivity index (χ3n) is 7.08. The number of carboxylic acid groups (broad SMARTS) is 1. The van der Waals surface area contributed by atoms with Gasteiger partial charge in [0, 0.05) is 6.04 Å². The predicted octanol–water partition coefficient (Wildman–Crippen LogP) is -0.206. The zero-order valence-corrected chi connectivity index (χ0v) is 19.6. The molecule has 2 saturated heterocycles. The van der Waals surface area contributed by atoms with E-state index in [-0.39, 0.29) is 17.7 Å². The number of likely N-dealkylation sites (tertiary alicyclic amines) is 1. The van der Waals surface area contributed by atoms with Crippen LogP contribution in [-0.4, -0.2) is 94.1 Å². The molecule has 0 spiro atoms. The fourth-order valence-corrected chi connectivity index (χ4v) is 6.41. The van der Waals surface area contributed by atoms with Crippen LogP contribution in [0.4, 0.5) is 0 Å². The maximum atomic E-state index is 12.4. The average Bonchev–Trinajstić information content (AvgIpc) is 2.77. The van der Waals surface area contributed by atoms with Gasteiger partial charge >= 0.3 is 5.97 Å². The van der Waals surface area contributed by atoms with Crippen LogP contribution in [0.5, 0.6) is 5.75 Å². The van der Waals surface area contributed by atoms with Crippen LogP contribution in [0.2, 0.25) is 0 Å². The number of carbonyl (C=O) groups is 1. The summed E-state index contributed by atoms with van der Waals surface area (Å²) >= 11 is 0. The number of hydrogen-bond donors (Lipinski definition) is 5. The first-order chi connectivity index (χ1) is 16.0. The Morgan fingerprint density at radius 3 is 2.56 bits per heavy atom. The minimum absolute atomic E-state index is 0.202. The standard InChI is InChI=1S/C22H31NO10S/c1-2-7-23-8-3-4-12-9-13-11(10-14(12)23)5-6-15(20(13)34(29,30)31)32-22-18(26)16(24)17(25)19(33-22)21(27)28/h5-6,12,14,16-19,22,24-26H,2-4,7-10H2,1H3,(H,27,28)(H,29,30,31)/t12-,14-,16+,17+,18-,19+,22-/m1/s1. The number of benzene rings is 1. The number of hydrogen-bond acceptors (Lipinski definition) is 9. The van der Waals surface area contributed by atoms with Gasteiger partial charge in [-0.15, -0.1) is 0 Å². The second kappa shape index (κ2) is 9.69. The lowest BCUT2D eigenvalue weighted by molar-refractivity contribution is -0.271. The van der Waals surface area contributed by atoms with Crippen LogP contribution < -0.4 is 4.74 Å². The Labute approximate surface area is 197 Å². The Morgan fingerprint density at radius 2 is 1.91 bits per heavy atom. The van der Waals surface area contributed by atoms with E-state index >= 15 is 0 Å². The predicted molar refractivity (Wildman–Crippen MR) is 117 cm³/mol. The number of nitrogens with zero attached hydrogens (tertiary/aromatic N) is 1. The van der Waals surface area contributed by atoms with Gasteiger partial charge in [0.1, 0.15) is 29.0 Å². The number of ether oxygens (including phenoxy) is 2. The lowest BCUT2D eigenvalue weighted by Gasteiger charge is -2.45. The summed E-state index contributed by atoms with van der Waals surface area (Å²) in [6.07, 6.45) is -5.39. The number of aliphatic hydroxyl groups excluding tert-OH is 3. The molecule has 34 heavy (non-hydrogen) atoms. The largest absolute Gasteiger partial charge is 0.479 e. The Bertz CT molecular complexity index is 1030. The minimum Gasteiger partial charge on any atom is -0.479 e. The van der Waals surface area contributed by atoms with Gasteiger partial charge in [-0.05, 0) is 68.3 Å². The fraction of sp³-hybridized carbons (Fsp3) is 0.682. The van der Waals surface area contributed by atoms with Gasteiger partial charge in [0.05, 0.1) is 0 Å². The normalized spacial score (nSPS) is 34.2. The third kappa shape index (κ3) is 4.68. The summed E-state index contributed by atoms with van der Waals surface area (Å²) in [4.78, 5) is 13.4. The highest BCUT2D eigenvalue weighted by Gasteiger charge is 2.48. The molecule has 190 valence electrons. The Kier molecular flexibility index (Phi) is 7.21. The zero-order valence-electron chi connectivity index (χ0n) is 18.8. The second-order valence-electron chi connectivity index (χ2n) is 9.27. The molecule has 2 fully saturated rings. The summed E-state index contributed by atoms with van der Waals surface area (Å²) in [6, 6.07) is 3.31. The van der Waals surface area contributed by atoms with E-state index in [1.807, 2.05) is 0 Å². The van der Waals surface area contributed by atoms with Gasteiger partial charge in [0.25, 0.3) is 10.1 Å². The van der Waals surface area contributed by atoms with Crippen molar-refractivity contribution < 1.29 is 47.7 Å². The van der Waals surface area contributed by atoms with Crippen molar-refractivity contribution in [2.24, 2.45) is 5.92 Å². The van der Waals surface area contributed by atoms with E-state index in [1.165, 1.54) is 6.07 Å². The lowest BCUT2D eigenvalue weighted by Crippen LogP contribution is -2.61. The monoisotopic (exact) mass is 501 g/mol. The Morgan fingerprint density at radius 1 is 1.18 bits per heavy atom. The van der Waals surface area contributed by atoms with E-state index in [0.29, 0.717) is 18.4 Å². The molecule has 1 aromatic rings. The number of rotatable bonds is 6. The van der Waals surface area contributed by atoms with Crippen LogP contribution in [0, 0.1) is 5.92 Å². The van der Waals surface area contributed by atoms with Crippen molar-refractivity contribution in [2.45, 2.75) is 80.7 Å². The smallest absolute Gasteiger partial charge is 0.335 e. The SMILES string of the molecule is CCCN1CCC[C@@H]2Cc3c(ccc(O[C@@H]4O[C@H](C(=O)O)[C@@H](O)[C@H](O)[C@H]4O)c3S(=O)(=O)O)C[C@H]21. The molecule has 5 N–H and O–H groups in total. The Hall–Kier alpha value is -1.80. The number of carboxylic acids is 1. The minimum atomic E-state index is -4.76. The third-order valence-corrected chi connectivity index (χ3v) is 8.04. The molecular formula is C22H31NO10S. The summed E-state index contributed by atoms with van der Waals surface area (Å²) in [5.41, 5.74) is 1.20. The molecule has 3 aliphatic rings. The van der Waals surface area contributed by atoms with Crippen LogP contribution >= 0.6 is 0 Å². The van der Waals surface area contributed by atoms with Crippen molar-refractivity contribution in [2.75, 3.05) is 13.1 Å². The van der Waals surface area contributed by atoms with Crippen molar-refractivity contribution in [3.8, 4) is 5.75 Å². The van der Waals surface area contributed by atoms with Crippen molar-refractivity contribution in [1.82, 2.24) is 4.90 Å². The number of aliphatic hydroxyl groups is 3. The molecule has 12 heteroatoms. The lowest BCUT2D eigenvalue weighted by atomic mass is 9.75. The molecule has 0 radical (unpaired) electrons. The van der Waals surface area contributed by atoms with Crippen LogP contribution in [0.3, 0.4) is 0 Å². The highest BCUT2D eigenvalue weighted by Crippen LogP contribution is 2.41. The van der Waals surface area contributed by atoms with E-state index < -0.39 is 51.7 Å². The summed E-state index contributed by atoms with van der Waals surface area (Å²) in [5, 5.41) is 39.4. The molecule has 4 rings (SSSR count). The quantitative estimate of drug-likeness (QED) is 0.326. The molecule has 2 heterocycles. The van der Waals surface area contributed by atoms with Gasteiger partial charge in [0.15, 0.2) is 6.10 Å². The summed E-state index contributed by atoms with van der Waals surface area (Å²) in [6.45, 7) is 4.07. The van der Waals surface area contributed by atoms with Crippen molar-refractivity contribution in [3.05, 3.63) is 23.3 Å². The van der Waals surface area contributed by atoms with Crippen molar-refractivity contribution >= 4 is 16.1 Å². The Balaban J connectivity index is 1.69. The molecule has 1 aliphatic carbocycles. The fourth-order valence-electron chi connectivity index (χ4n) is 5.51. The molecule has 0 saturated carbocycles. The summed E-state index contributed by atoms with van der Waals surface area (Å²) in [5.74, 6) is -1.71.